The number of aryl methyl sites for hydroxylation is 2. The van der Waals surface area contributed by atoms with Crippen LogP contribution in [0.4, 0.5) is 0 Å². The van der Waals surface area contributed by atoms with Gasteiger partial charge in [-0.2, -0.15) is 0 Å². The van der Waals surface area contributed by atoms with E-state index in [0.717, 1.165) is 0 Å². The zero-order valence-electron chi connectivity index (χ0n) is 12.5. The molecule has 0 N–H and O–H groups in total. The van der Waals surface area contributed by atoms with Gasteiger partial charge in [-0.15, -0.1) is 0 Å². The van der Waals surface area contributed by atoms with Gasteiger partial charge in [0.15, 0.2) is 9.84 Å². The molecule has 1 aliphatic heterocycles. The van der Waals surface area contributed by atoms with Crippen LogP contribution in [0.3, 0.4) is 0 Å². The Labute approximate surface area is 124 Å². The van der Waals surface area contributed by atoms with Gasteiger partial charge in [0, 0.05) is 18.7 Å². The summed E-state index contributed by atoms with van der Waals surface area (Å²) in [6, 6.07) is 0. The first-order valence-electron chi connectivity index (χ1n) is 6.83. The number of sulfone groups is 1. The molecule has 1 fully saturated rings. The molecular weight excluding hydrogens is 296 g/mol. The van der Waals surface area contributed by atoms with Crippen LogP contribution in [0, 0.1) is 13.8 Å². The summed E-state index contributed by atoms with van der Waals surface area (Å²) in [6.45, 7) is 6.55. The largest absolute Gasteiger partial charge is 0.378 e. The van der Waals surface area contributed by atoms with Crippen LogP contribution in [-0.2, 0) is 25.1 Å². The third kappa shape index (κ3) is 3.44. The highest BCUT2D eigenvalue weighted by Gasteiger charge is 2.33. The van der Waals surface area contributed by atoms with Crippen molar-refractivity contribution in [1.29, 1.82) is 0 Å². The minimum absolute atomic E-state index is 0.231. The van der Waals surface area contributed by atoms with Gasteiger partial charge in [0.25, 0.3) is 0 Å². The third-order valence-electron chi connectivity index (χ3n) is 3.74. The van der Waals surface area contributed by atoms with Crippen molar-refractivity contribution >= 4 is 15.7 Å². The lowest BCUT2D eigenvalue weighted by atomic mass is 10.2. The maximum atomic E-state index is 12.4. The smallest absolute Gasteiger partial charge is 0.240 e. The SMILES string of the molecule is Cc1noc(C)c1CS(=O)(=O)[C@H](C)C(=O)N1CCOCC1. The summed E-state index contributed by atoms with van der Waals surface area (Å²) in [5.41, 5.74) is 1.08. The van der Waals surface area contributed by atoms with Crippen LogP contribution in [0.2, 0.25) is 0 Å². The number of carbonyl (C=O) groups excluding carboxylic acids is 1. The van der Waals surface area contributed by atoms with Crippen LogP contribution in [0.15, 0.2) is 4.52 Å². The molecule has 21 heavy (non-hydrogen) atoms. The van der Waals surface area contributed by atoms with Gasteiger partial charge in [-0.1, -0.05) is 5.16 Å². The zero-order valence-corrected chi connectivity index (χ0v) is 13.3. The van der Waals surface area contributed by atoms with E-state index in [2.05, 4.69) is 5.16 Å². The van der Waals surface area contributed by atoms with Crippen LogP contribution in [0.25, 0.3) is 0 Å². The molecule has 1 amide bonds. The van der Waals surface area contributed by atoms with Gasteiger partial charge >= 0.3 is 0 Å². The summed E-state index contributed by atoms with van der Waals surface area (Å²) in [5, 5.41) is 2.66. The molecule has 1 atom stereocenters. The average Bonchev–Trinajstić information content (AvgIpc) is 2.78. The molecule has 1 aromatic heterocycles. The average molecular weight is 316 g/mol. The van der Waals surface area contributed by atoms with Gasteiger partial charge in [-0.05, 0) is 20.8 Å². The summed E-state index contributed by atoms with van der Waals surface area (Å²) in [6.07, 6.45) is 0. The number of aromatic nitrogens is 1. The van der Waals surface area contributed by atoms with Gasteiger partial charge < -0.3 is 14.2 Å². The van der Waals surface area contributed by atoms with E-state index in [0.29, 0.717) is 43.3 Å². The van der Waals surface area contributed by atoms with Crippen LogP contribution in [-0.4, -0.2) is 55.9 Å². The van der Waals surface area contributed by atoms with E-state index in [9.17, 15) is 13.2 Å². The highest BCUT2D eigenvalue weighted by Crippen LogP contribution is 2.19. The Morgan fingerprint density at radius 2 is 1.95 bits per heavy atom. The lowest BCUT2D eigenvalue weighted by Crippen LogP contribution is -2.47. The number of carbonyl (C=O) groups is 1. The summed E-state index contributed by atoms with van der Waals surface area (Å²) < 4.78 is 35.0. The maximum absolute atomic E-state index is 12.4. The van der Waals surface area contributed by atoms with Gasteiger partial charge in [-0.3, -0.25) is 4.79 Å². The number of nitrogens with zero attached hydrogens (tertiary/aromatic N) is 2. The number of rotatable bonds is 4. The molecule has 1 aliphatic rings. The predicted octanol–water partition coefficient (Wildman–Crippen LogP) is 0.454. The van der Waals surface area contributed by atoms with Crippen molar-refractivity contribution in [2.45, 2.75) is 31.8 Å². The number of hydrogen-bond donors (Lipinski definition) is 0. The van der Waals surface area contributed by atoms with Crippen molar-refractivity contribution in [3.05, 3.63) is 17.0 Å². The summed E-state index contributed by atoms with van der Waals surface area (Å²) in [4.78, 5) is 13.8. The molecule has 0 unspecified atom stereocenters. The third-order valence-corrected chi connectivity index (χ3v) is 5.71. The molecule has 8 heteroatoms. The van der Waals surface area contributed by atoms with Crippen molar-refractivity contribution in [2.75, 3.05) is 26.3 Å². The Kier molecular flexibility index (Phi) is 4.67. The van der Waals surface area contributed by atoms with E-state index in [-0.39, 0.29) is 11.7 Å². The second-order valence-electron chi connectivity index (χ2n) is 5.19. The standard InChI is InChI=1S/C13H20N2O5S/c1-9-12(10(2)20-14-9)8-21(17,18)11(3)13(16)15-4-6-19-7-5-15/h11H,4-8H2,1-3H3/t11-/m1/s1. The highest BCUT2D eigenvalue weighted by molar-refractivity contribution is 7.92. The van der Waals surface area contributed by atoms with Crippen LogP contribution in [0.1, 0.15) is 23.9 Å². The van der Waals surface area contributed by atoms with E-state index >= 15 is 0 Å². The number of morpholine rings is 1. The van der Waals surface area contributed by atoms with E-state index in [1.54, 1.807) is 18.7 Å². The molecule has 0 bridgehead atoms. The Hall–Kier alpha value is -1.41. The van der Waals surface area contributed by atoms with Gasteiger partial charge in [0.2, 0.25) is 5.91 Å². The second-order valence-corrected chi connectivity index (χ2v) is 7.51. The molecule has 2 rings (SSSR count). The molecule has 7 nitrogen and oxygen atoms in total. The van der Waals surface area contributed by atoms with E-state index in [1.165, 1.54) is 6.92 Å². The van der Waals surface area contributed by atoms with Crippen molar-refractivity contribution in [3.8, 4) is 0 Å². The van der Waals surface area contributed by atoms with Gasteiger partial charge in [-0.25, -0.2) is 8.42 Å². The quantitative estimate of drug-likeness (QED) is 0.801. The molecule has 0 saturated carbocycles. The first kappa shape index (κ1) is 16.0. The van der Waals surface area contributed by atoms with E-state index in [4.69, 9.17) is 9.26 Å². The first-order valence-corrected chi connectivity index (χ1v) is 8.54. The highest BCUT2D eigenvalue weighted by atomic mass is 32.2. The van der Waals surface area contributed by atoms with E-state index < -0.39 is 15.1 Å². The topological polar surface area (TPSA) is 89.7 Å². The monoisotopic (exact) mass is 316 g/mol. The van der Waals surface area contributed by atoms with Crippen molar-refractivity contribution in [1.82, 2.24) is 10.1 Å². The number of ether oxygens (including phenoxy) is 1. The normalized spacial score (nSPS) is 17.8. The van der Waals surface area contributed by atoms with Crippen LogP contribution >= 0.6 is 0 Å². The maximum Gasteiger partial charge on any atom is 0.240 e. The molecule has 1 saturated heterocycles. The Balaban J connectivity index is 2.13. The number of hydrogen-bond acceptors (Lipinski definition) is 6. The zero-order chi connectivity index (χ0) is 15.6. The second kappa shape index (κ2) is 6.15. The lowest BCUT2D eigenvalue weighted by molar-refractivity contribution is -0.134. The fraction of sp³-hybridized carbons (Fsp3) is 0.692. The minimum atomic E-state index is -3.61. The molecule has 1 aromatic rings. The molecule has 0 spiro atoms. The molecule has 0 radical (unpaired) electrons. The Bertz CT molecular complexity index is 597. The molecular formula is C13H20N2O5S. The Morgan fingerprint density at radius 1 is 1.33 bits per heavy atom. The van der Waals surface area contributed by atoms with Crippen molar-refractivity contribution in [3.63, 3.8) is 0 Å². The lowest BCUT2D eigenvalue weighted by Gasteiger charge is -2.29. The first-order chi connectivity index (χ1) is 9.83. The molecule has 0 aromatic carbocycles. The fourth-order valence-corrected chi connectivity index (χ4v) is 3.75. The molecule has 118 valence electrons. The summed E-state index contributed by atoms with van der Waals surface area (Å²) in [5.74, 6) is -0.127. The van der Waals surface area contributed by atoms with Gasteiger partial charge in [0.05, 0.1) is 24.7 Å². The molecule has 0 aliphatic carbocycles. The molecule has 2 heterocycles. The summed E-state index contributed by atoms with van der Waals surface area (Å²) in [7, 11) is -3.61. The summed E-state index contributed by atoms with van der Waals surface area (Å²) >= 11 is 0. The minimum Gasteiger partial charge on any atom is -0.378 e. The van der Waals surface area contributed by atoms with Crippen LogP contribution < -0.4 is 0 Å². The fourth-order valence-electron chi connectivity index (χ4n) is 2.23. The van der Waals surface area contributed by atoms with Gasteiger partial charge in [0.1, 0.15) is 11.0 Å². The Morgan fingerprint density at radius 3 is 2.48 bits per heavy atom. The number of amides is 1. The van der Waals surface area contributed by atoms with Crippen molar-refractivity contribution in [2.24, 2.45) is 0 Å². The van der Waals surface area contributed by atoms with Crippen molar-refractivity contribution < 1.29 is 22.5 Å². The predicted molar refractivity (Wildman–Crippen MR) is 75.5 cm³/mol. The van der Waals surface area contributed by atoms with Crippen LogP contribution in [0.5, 0.6) is 0 Å². The van der Waals surface area contributed by atoms with E-state index in [1.807, 2.05) is 0 Å².